The summed E-state index contributed by atoms with van der Waals surface area (Å²) < 4.78 is 43.3. The van der Waals surface area contributed by atoms with Crippen molar-refractivity contribution < 1.29 is 13.2 Å². The molecule has 27 heavy (non-hydrogen) atoms. The standard InChI is InChI=1S/C23H16F3N/c1-27-22(16-6-3-9-19(25)12-16)14-21(15-5-2-8-18(24)11-15)23(27)17-7-4-10-20(26)13-17/h2-14H,1H3. The van der Waals surface area contributed by atoms with E-state index in [0.29, 0.717) is 16.7 Å². The first-order chi connectivity index (χ1) is 13.0. The summed E-state index contributed by atoms with van der Waals surface area (Å²) in [6.45, 7) is 0. The summed E-state index contributed by atoms with van der Waals surface area (Å²) in [4.78, 5) is 0. The first-order valence-electron chi connectivity index (χ1n) is 8.50. The quantitative estimate of drug-likeness (QED) is 0.394. The van der Waals surface area contributed by atoms with Gasteiger partial charge in [-0.3, -0.25) is 0 Å². The highest BCUT2D eigenvalue weighted by Gasteiger charge is 2.18. The average Bonchev–Trinajstić information content (AvgIpc) is 2.99. The Bertz CT molecular complexity index is 1130. The van der Waals surface area contributed by atoms with Crippen molar-refractivity contribution >= 4 is 0 Å². The lowest BCUT2D eigenvalue weighted by atomic mass is 10.0. The Balaban J connectivity index is 2.00. The Kier molecular flexibility index (Phi) is 4.32. The first-order valence-corrected chi connectivity index (χ1v) is 8.50. The van der Waals surface area contributed by atoms with Crippen molar-refractivity contribution in [2.24, 2.45) is 7.05 Å². The Morgan fingerprint density at radius 3 is 1.67 bits per heavy atom. The normalized spacial score (nSPS) is 11.0. The monoisotopic (exact) mass is 363 g/mol. The van der Waals surface area contributed by atoms with Crippen molar-refractivity contribution in [3.63, 3.8) is 0 Å². The fourth-order valence-electron chi connectivity index (χ4n) is 3.39. The smallest absolute Gasteiger partial charge is 0.123 e. The van der Waals surface area contributed by atoms with Gasteiger partial charge in [0.25, 0.3) is 0 Å². The van der Waals surface area contributed by atoms with Gasteiger partial charge in [0.1, 0.15) is 17.5 Å². The molecular weight excluding hydrogens is 347 g/mol. The molecule has 0 saturated heterocycles. The summed E-state index contributed by atoms with van der Waals surface area (Å²) in [5.74, 6) is -1.05. The number of aromatic nitrogens is 1. The van der Waals surface area contributed by atoms with Crippen LogP contribution in [0.15, 0.2) is 78.9 Å². The van der Waals surface area contributed by atoms with E-state index in [1.54, 1.807) is 30.3 Å². The number of rotatable bonds is 3. The van der Waals surface area contributed by atoms with Crippen LogP contribution in [0.2, 0.25) is 0 Å². The lowest BCUT2D eigenvalue weighted by Crippen LogP contribution is -1.96. The first kappa shape index (κ1) is 17.2. The van der Waals surface area contributed by atoms with Crippen LogP contribution in [0.25, 0.3) is 33.6 Å². The van der Waals surface area contributed by atoms with Crippen LogP contribution >= 0.6 is 0 Å². The molecule has 0 aliphatic heterocycles. The molecule has 4 rings (SSSR count). The van der Waals surface area contributed by atoms with Crippen molar-refractivity contribution in [3.05, 3.63) is 96.3 Å². The van der Waals surface area contributed by atoms with Crippen LogP contribution in [-0.4, -0.2) is 4.57 Å². The Morgan fingerprint density at radius 1 is 0.593 bits per heavy atom. The molecule has 0 aliphatic rings. The van der Waals surface area contributed by atoms with Gasteiger partial charge in [-0.15, -0.1) is 0 Å². The zero-order valence-electron chi connectivity index (χ0n) is 14.6. The van der Waals surface area contributed by atoms with Crippen molar-refractivity contribution in [2.45, 2.75) is 0 Å². The molecule has 134 valence electrons. The molecule has 0 saturated carbocycles. The molecule has 0 atom stereocenters. The Morgan fingerprint density at radius 2 is 1.07 bits per heavy atom. The Labute approximate surface area is 155 Å². The molecule has 0 bridgehead atoms. The van der Waals surface area contributed by atoms with Gasteiger partial charge in [-0.2, -0.15) is 0 Å². The SMILES string of the molecule is Cn1c(-c2cccc(F)c2)cc(-c2cccc(F)c2)c1-c1cccc(F)c1. The van der Waals surface area contributed by atoms with Crippen LogP contribution in [0.4, 0.5) is 13.2 Å². The number of nitrogens with zero attached hydrogens (tertiary/aromatic N) is 1. The second-order valence-corrected chi connectivity index (χ2v) is 6.38. The molecule has 4 heteroatoms. The van der Waals surface area contributed by atoms with E-state index in [4.69, 9.17) is 0 Å². The van der Waals surface area contributed by atoms with Crippen molar-refractivity contribution in [1.29, 1.82) is 0 Å². The van der Waals surface area contributed by atoms with Gasteiger partial charge >= 0.3 is 0 Å². The molecule has 1 nitrogen and oxygen atoms in total. The molecular formula is C23H16F3N. The predicted octanol–water partition coefficient (Wildman–Crippen LogP) is 6.44. The predicted molar refractivity (Wildman–Crippen MR) is 102 cm³/mol. The summed E-state index contributed by atoms with van der Waals surface area (Å²) in [6, 6.07) is 20.7. The highest BCUT2D eigenvalue weighted by molar-refractivity contribution is 5.86. The maximum absolute atomic E-state index is 13.8. The highest BCUT2D eigenvalue weighted by Crippen LogP contribution is 2.38. The average molecular weight is 363 g/mol. The van der Waals surface area contributed by atoms with E-state index >= 15 is 0 Å². The third-order valence-corrected chi connectivity index (χ3v) is 4.59. The molecule has 1 heterocycles. The van der Waals surface area contributed by atoms with Crippen LogP contribution in [-0.2, 0) is 7.05 Å². The minimum absolute atomic E-state index is 0.340. The van der Waals surface area contributed by atoms with E-state index in [-0.39, 0.29) is 17.5 Å². The third kappa shape index (κ3) is 3.26. The summed E-state index contributed by atoms with van der Waals surface area (Å²) >= 11 is 0. The van der Waals surface area contributed by atoms with Gasteiger partial charge < -0.3 is 4.57 Å². The maximum atomic E-state index is 13.8. The highest BCUT2D eigenvalue weighted by atomic mass is 19.1. The van der Waals surface area contributed by atoms with Gasteiger partial charge in [-0.05, 0) is 48.0 Å². The zero-order chi connectivity index (χ0) is 19.0. The van der Waals surface area contributed by atoms with E-state index in [1.807, 2.05) is 23.7 Å². The van der Waals surface area contributed by atoms with Gasteiger partial charge in [0.05, 0.1) is 5.69 Å². The van der Waals surface area contributed by atoms with Crippen molar-refractivity contribution in [1.82, 2.24) is 4.57 Å². The van der Waals surface area contributed by atoms with E-state index in [0.717, 1.165) is 17.0 Å². The van der Waals surface area contributed by atoms with Crippen molar-refractivity contribution in [3.8, 4) is 33.6 Å². The molecule has 0 fully saturated rings. The Hall–Kier alpha value is -3.27. The minimum Gasteiger partial charge on any atom is -0.343 e. The maximum Gasteiger partial charge on any atom is 0.123 e. The van der Waals surface area contributed by atoms with E-state index < -0.39 is 0 Å². The number of benzene rings is 3. The number of hydrogen-bond donors (Lipinski definition) is 0. The van der Waals surface area contributed by atoms with Gasteiger partial charge in [0.15, 0.2) is 0 Å². The molecule has 0 N–H and O–H groups in total. The van der Waals surface area contributed by atoms with Crippen molar-refractivity contribution in [2.75, 3.05) is 0 Å². The van der Waals surface area contributed by atoms with Gasteiger partial charge in [0.2, 0.25) is 0 Å². The van der Waals surface area contributed by atoms with Crippen LogP contribution in [0.3, 0.4) is 0 Å². The fraction of sp³-hybridized carbons (Fsp3) is 0.0435. The van der Waals surface area contributed by atoms with Gasteiger partial charge in [-0.1, -0.05) is 36.4 Å². The zero-order valence-corrected chi connectivity index (χ0v) is 14.6. The third-order valence-electron chi connectivity index (χ3n) is 4.59. The van der Waals surface area contributed by atoms with Gasteiger partial charge in [0, 0.05) is 29.4 Å². The summed E-state index contributed by atoms with van der Waals surface area (Å²) in [5, 5.41) is 0. The largest absolute Gasteiger partial charge is 0.343 e. The minimum atomic E-state index is -0.355. The molecule has 1 aromatic heterocycles. The molecule has 3 aromatic carbocycles. The van der Waals surface area contributed by atoms with Crippen LogP contribution in [0, 0.1) is 17.5 Å². The second kappa shape index (κ2) is 6.80. The molecule has 0 radical (unpaired) electrons. The van der Waals surface area contributed by atoms with E-state index in [1.165, 1.54) is 36.4 Å². The molecule has 0 amide bonds. The summed E-state index contributed by atoms with van der Waals surface area (Å²) in [7, 11) is 1.84. The molecule has 0 spiro atoms. The number of hydrogen-bond acceptors (Lipinski definition) is 0. The molecule has 0 unspecified atom stereocenters. The topological polar surface area (TPSA) is 4.93 Å². The van der Waals surface area contributed by atoms with Crippen LogP contribution in [0.1, 0.15) is 0 Å². The lowest BCUT2D eigenvalue weighted by Gasteiger charge is -2.11. The summed E-state index contributed by atoms with van der Waals surface area (Å²) in [5.41, 5.74) is 4.28. The molecule has 4 aromatic rings. The van der Waals surface area contributed by atoms with E-state index in [2.05, 4.69) is 0 Å². The number of halogens is 3. The van der Waals surface area contributed by atoms with Gasteiger partial charge in [-0.25, -0.2) is 13.2 Å². The van der Waals surface area contributed by atoms with E-state index in [9.17, 15) is 13.2 Å². The fourth-order valence-corrected chi connectivity index (χ4v) is 3.39. The summed E-state index contributed by atoms with van der Waals surface area (Å²) in [6.07, 6.45) is 0. The molecule has 0 aliphatic carbocycles. The second-order valence-electron chi connectivity index (χ2n) is 6.38. The van der Waals surface area contributed by atoms with Crippen LogP contribution in [0.5, 0.6) is 0 Å². The van der Waals surface area contributed by atoms with Crippen LogP contribution < -0.4 is 0 Å². The lowest BCUT2D eigenvalue weighted by molar-refractivity contribution is 0.627.